The molecule has 1 heterocycles. The molecule has 2 aromatic rings. The van der Waals surface area contributed by atoms with E-state index in [-0.39, 0.29) is 17.4 Å². The molecular weight excluding hydrogens is 384 g/mol. The molecule has 1 aliphatic heterocycles. The molecule has 5 nitrogen and oxygen atoms in total. The van der Waals surface area contributed by atoms with Crippen LogP contribution in [0.3, 0.4) is 0 Å². The first-order chi connectivity index (χ1) is 13.9. The number of methoxy groups -OCH3 is 1. The molecule has 0 radical (unpaired) electrons. The number of carbonyl (C=O) groups excluding carboxylic acids is 2. The van der Waals surface area contributed by atoms with Crippen molar-refractivity contribution in [2.45, 2.75) is 26.7 Å². The molecule has 29 heavy (non-hydrogen) atoms. The van der Waals surface area contributed by atoms with Crippen LogP contribution < -0.4 is 9.64 Å². The molecule has 6 heteroatoms. The van der Waals surface area contributed by atoms with Crippen LogP contribution in [-0.2, 0) is 9.59 Å². The zero-order valence-electron chi connectivity index (χ0n) is 17.0. The predicted octanol–water partition coefficient (Wildman–Crippen LogP) is 4.88. The Morgan fingerprint density at radius 3 is 2.55 bits per heavy atom. The fourth-order valence-corrected chi connectivity index (χ4v) is 3.68. The smallest absolute Gasteiger partial charge is 0.283 e. The van der Waals surface area contributed by atoms with E-state index in [2.05, 4.69) is 31.0 Å². The van der Waals surface area contributed by atoms with Gasteiger partial charge in [-0.3, -0.25) is 14.5 Å². The van der Waals surface area contributed by atoms with E-state index in [9.17, 15) is 9.59 Å². The van der Waals surface area contributed by atoms with Crippen LogP contribution in [0.15, 0.2) is 59.2 Å². The summed E-state index contributed by atoms with van der Waals surface area (Å²) in [5.74, 6) is 1.15. The maximum atomic E-state index is 13.1. The fraction of sp³-hybridized carbons (Fsp3) is 0.261. The summed E-state index contributed by atoms with van der Waals surface area (Å²) < 4.78 is 5.28. The molecule has 2 aromatic carbocycles. The lowest BCUT2D eigenvalue weighted by molar-refractivity contribution is -0.115. The first kappa shape index (κ1) is 20.9. The van der Waals surface area contributed by atoms with Crippen molar-refractivity contribution in [2.75, 3.05) is 17.8 Å². The van der Waals surface area contributed by atoms with Gasteiger partial charge in [-0.1, -0.05) is 55.9 Å². The number of Topliss-reactive ketones (excluding diaryl/α,β-unsaturated/α-hetero) is 1. The van der Waals surface area contributed by atoms with Crippen molar-refractivity contribution in [3.8, 4) is 5.75 Å². The lowest BCUT2D eigenvalue weighted by Gasteiger charge is -2.18. The van der Waals surface area contributed by atoms with E-state index in [1.54, 1.807) is 19.3 Å². The molecule has 0 aromatic heterocycles. The van der Waals surface area contributed by atoms with Gasteiger partial charge in [0.15, 0.2) is 5.17 Å². The summed E-state index contributed by atoms with van der Waals surface area (Å²) in [7, 11) is 1.58. The second kappa shape index (κ2) is 9.09. The standard InChI is InChI=1S/C23H24N2O3S/c1-15(2)18-10-8-17(9-11-18)12-21-22(27)25(23(24-21)29-14-16(3)26)19-6-5-7-20(13-19)28-4/h5-13,15H,14H2,1-4H3/b21-12+. The average Bonchev–Trinajstić information content (AvgIpc) is 3.02. The third-order valence-electron chi connectivity index (χ3n) is 4.45. The normalized spacial score (nSPS) is 15.2. The highest BCUT2D eigenvalue weighted by molar-refractivity contribution is 8.14. The Labute approximate surface area is 175 Å². The van der Waals surface area contributed by atoms with Gasteiger partial charge in [0.2, 0.25) is 0 Å². The molecule has 0 spiro atoms. The van der Waals surface area contributed by atoms with Gasteiger partial charge in [0.25, 0.3) is 5.91 Å². The van der Waals surface area contributed by atoms with E-state index >= 15 is 0 Å². The molecular formula is C23H24N2O3S. The first-order valence-corrected chi connectivity index (χ1v) is 10.4. The number of benzene rings is 2. The van der Waals surface area contributed by atoms with Gasteiger partial charge in [0.05, 0.1) is 18.6 Å². The van der Waals surface area contributed by atoms with Gasteiger partial charge in [-0.15, -0.1) is 0 Å². The molecule has 1 amide bonds. The second-order valence-corrected chi connectivity index (χ2v) is 8.02. The van der Waals surface area contributed by atoms with Gasteiger partial charge in [0.1, 0.15) is 17.2 Å². The van der Waals surface area contributed by atoms with E-state index in [1.165, 1.54) is 29.1 Å². The third-order valence-corrected chi connectivity index (χ3v) is 5.54. The first-order valence-electron chi connectivity index (χ1n) is 9.40. The van der Waals surface area contributed by atoms with E-state index in [4.69, 9.17) is 4.74 Å². The molecule has 0 N–H and O–H groups in total. The Hall–Kier alpha value is -2.86. The van der Waals surface area contributed by atoms with Crippen molar-refractivity contribution in [2.24, 2.45) is 4.99 Å². The Kier molecular flexibility index (Phi) is 6.54. The summed E-state index contributed by atoms with van der Waals surface area (Å²) in [6.07, 6.45) is 1.78. The van der Waals surface area contributed by atoms with Crippen LogP contribution in [0.25, 0.3) is 6.08 Å². The number of rotatable bonds is 6. The number of aliphatic imine (C=N–C) groups is 1. The van der Waals surface area contributed by atoms with Crippen molar-refractivity contribution in [1.29, 1.82) is 0 Å². The maximum absolute atomic E-state index is 13.1. The van der Waals surface area contributed by atoms with E-state index in [0.29, 0.717) is 28.2 Å². The summed E-state index contributed by atoms with van der Waals surface area (Å²) in [6, 6.07) is 15.3. The second-order valence-electron chi connectivity index (χ2n) is 7.08. The van der Waals surface area contributed by atoms with E-state index in [0.717, 1.165) is 5.56 Å². The molecule has 0 saturated heterocycles. The fourth-order valence-electron chi connectivity index (χ4n) is 2.87. The average molecular weight is 409 g/mol. The number of carbonyl (C=O) groups is 2. The van der Waals surface area contributed by atoms with Gasteiger partial charge in [0, 0.05) is 6.07 Å². The third kappa shape index (κ3) is 4.95. The number of anilines is 1. The molecule has 0 atom stereocenters. The highest BCUT2D eigenvalue weighted by Gasteiger charge is 2.32. The molecule has 150 valence electrons. The molecule has 0 unspecified atom stereocenters. The molecule has 0 saturated carbocycles. The minimum Gasteiger partial charge on any atom is -0.497 e. The van der Waals surface area contributed by atoms with Crippen LogP contribution in [0.4, 0.5) is 5.69 Å². The largest absolute Gasteiger partial charge is 0.497 e. The van der Waals surface area contributed by atoms with Crippen LogP contribution in [-0.4, -0.2) is 29.7 Å². The summed E-state index contributed by atoms with van der Waals surface area (Å²) >= 11 is 1.26. The molecule has 0 fully saturated rings. The summed E-state index contributed by atoms with van der Waals surface area (Å²) in [4.78, 5) is 30.7. The SMILES string of the molecule is COc1cccc(N2C(=O)/C(=C\c3ccc(C(C)C)cc3)N=C2SCC(C)=O)c1. The molecule has 0 aliphatic carbocycles. The van der Waals surface area contributed by atoms with Crippen LogP contribution in [0, 0.1) is 0 Å². The number of ketones is 1. The number of nitrogens with zero attached hydrogens (tertiary/aromatic N) is 2. The van der Waals surface area contributed by atoms with Crippen molar-refractivity contribution in [3.05, 3.63) is 65.4 Å². The van der Waals surface area contributed by atoms with Crippen molar-refractivity contribution in [1.82, 2.24) is 0 Å². The van der Waals surface area contributed by atoms with Gasteiger partial charge >= 0.3 is 0 Å². The van der Waals surface area contributed by atoms with Crippen LogP contribution >= 0.6 is 11.8 Å². The number of thioether (sulfide) groups is 1. The minimum absolute atomic E-state index is 0.0254. The number of amidine groups is 1. The van der Waals surface area contributed by atoms with Gasteiger partial charge in [-0.05, 0) is 42.2 Å². The molecule has 0 bridgehead atoms. The van der Waals surface area contributed by atoms with Gasteiger partial charge in [-0.25, -0.2) is 4.99 Å². The lowest BCUT2D eigenvalue weighted by Crippen LogP contribution is -2.30. The molecule has 3 rings (SSSR count). The highest BCUT2D eigenvalue weighted by Crippen LogP contribution is 2.31. The van der Waals surface area contributed by atoms with Crippen LogP contribution in [0.5, 0.6) is 5.75 Å². The number of hydrogen-bond donors (Lipinski definition) is 0. The number of amides is 1. The topological polar surface area (TPSA) is 59.0 Å². The summed E-state index contributed by atoms with van der Waals surface area (Å²) in [5.41, 5.74) is 3.15. The zero-order chi connectivity index (χ0) is 21.0. The van der Waals surface area contributed by atoms with Gasteiger partial charge < -0.3 is 4.74 Å². The zero-order valence-corrected chi connectivity index (χ0v) is 17.8. The van der Waals surface area contributed by atoms with Crippen molar-refractivity contribution in [3.63, 3.8) is 0 Å². The monoisotopic (exact) mass is 408 g/mol. The van der Waals surface area contributed by atoms with Crippen LogP contribution in [0.2, 0.25) is 0 Å². The maximum Gasteiger partial charge on any atom is 0.283 e. The minimum atomic E-state index is -0.225. The van der Waals surface area contributed by atoms with Gasteiger partial charge in [-0.2, -0.15) is 0 Å². The Bertz CT molecular complexity index is 978. The summed E-state index contributed by atoms with van der Waals surface area (Å²) in [6.45, 7) is 5.80. The number of ether oxygens (including phenoxy) is 1. The molecule has 1 aliphatic rings. The van der Waals surface area contributed by atoms with Crippen LogP contribution in [0.1, 0.15) is 37.8 Å². The quantitative estimate of drug-likeness (QED) is 0.639. The van der Waals surface area contributed by atoms with E-state index < -0.39 is 0 Å². The highest BCUT2D eigenvalue weighted by atomic mass is 32.2. The van der Waals surface area contributed by atoms with E-state index in [1.807, 2.05) is 30.3 Å². The summed E-state index contributed by atoms with van der Waals surface area (Å²) in [5, 5.41) is 0.489. The van der Waals surface area contributed by atoms with Crippen molar-refractivity contribution >= 4 is 40.4 Å². The Morgan fingerprint density at radius 1 is 1.21 bits per heavy atom. The Balaban J connectivity index is 1.95. The van der Waals surface area contributed by atoms with Crippen molar-refractivity contribution < 1.29 is 14.3 Å². The number of hydrogen-bond acceptors (Lipinski definition) is 5. The lowest BCUT2D eigenvalue weighted by atomic mass is 10.0. The Morgan fingerprint density at radius 2 is 1.93 bits per heavy atom. The predicted molar refractivity (Wildman–Crippen MR) is 120 cm³/mol.